The second-order valence-corrected chi connectivity index (χ2v) is 3.46. The summed E-state index contributed by atoms with van der Waals surface area (Å²) >= 11 is 0. The minimum atomic E-state index is 0.0522. The molecular weight excluding hydrogens is 154 g/mol. The van der Waals surface area contributed by atoms with E-state index >= 15 is 0 Å². The van der Waals surface area contributed by atoms with E-state index in [0.717, 1.165) is 19.7 Å². The molecule has 1 heterocycles. The van der Waals surface area contributed by atoms with Gasteiger partial charge in [-0.25, -0.2) is 0 Å². The van der Waals surface area contributed by atoms with Crippen molar-refractivity contribution >= 4 is 5.78 Å². The highest BCUT2D eigenvalue weighted by Gasteiger charge is 2.23. The number of hydrogen-bond acceptors (Lipinski definition) is 3. The molecule has 0 aromatic rings. The number of nitrogens with zero attached hydrogens (tertiary/aromatic N) is 1. The topological polar surface area (TPSA) is 29.5 Å². The van der Waals surface area contributed by atoms with Crippen LogP contribution in [0.15, 0.2) is 0 Å². The summed E-state index contributed by atoms with van der Waals surface area (Å²) in [6, 6.07) is 0.0522. The van der Waals surface area contributed by atoms with Crippen LogP contribution in [0.5, 0.6) is 0 Å². The predicted molar refractivity (Wildman–Crippen MR) is 47.1 cm³/mol. The van der Waals surface area contributed by atoms with Crippen LogP contribution in [0.2, 0.25) is 0 Å². The van der Waals surface area contributed by atoms with Crippen LogP contribution in [0.25, 0.3) is 0 Å². The molecule has 0 aromatic heterocycles. The first-order chi connectivity index (χ1) is 5.61. The fourth-order valence-electron chi connectivity index (χ4n) is 1.45. The van der Waals surface area contributed by atoms with E-state index in [0.29, 0.717) is 0 Å². The lowest BCUT2D eigenvalue weighted by Crippen LogP contribution is -2.48. The van der Waals surface area contributed by atoms with Crippen LogP contribution in [0.4, 0.5) is 0 Å². The molecule has 2 atom stereocenters. The monoisotopic (exact) mass is 171 g/mol. The van der Waals surface area contributed by atoms with Gasteiger partial charge in [0.05, 0.1) is 18.8 Å². The first-order valence-corrected chi connectivity index (χ1v) is 4.47. The van der Waals surface area contributed by atoms with E-state index in [4.69, 9.17) is 4.74 Å². The van der Waals surface area contributed by atoms with Gasteiger partial charge in [-0.15, -0.1) is 0 Å². The summed E-state index contributed by atoms with van der Waals surface area (Å²) in [6.45, 7) is 8.15. The van der Waals surface area contributed by atoms with E-state index in [1.54, 1.807) is 6.92 Å². The summed E-state index contributed by atoms with van der Waals surface area (Å²) < 4.78 is 5.38. The van der Waals surface area contributed by atoms with Crippen molar-refractivity contribution < 1.29 is 9.53 Å². The van der Waals surface area contributed by atoms with Crippen LogP contribution in [-0.2, 0) is 9.53 Å². The van der Waals surface area contributed by atoms with E-state index in [9.17, 15) is 4.79 Å². The normalized spacial score (nSPS) is 28.4. The third kappa shape index (κ3) is 2.29. The first kappa shape index (κ1) is 9.68. The summed E-state index contributed by atoms with van der Waals surface area (Å²) in [4.78, 5) is 13.2. The quantitative estimate of drug-likeness (QED) is 0.612. The zero-order valence-corrected chi connectivity index (χ0v) is 8.04. The number of ether oxygens (including phenoxy) is 1. The second-order valence-electron chi connectivity index (χ2n) is 3.46. The van der Waals surface area contributed by atoms with Crippen molar-refractivity contribution in [3.8, 4) is 0 Å². The lowest BCUT2D eigenvalue weighted by molar-refractivity contribution is -0.124. The first-order valence-electron chi connectivity index (χ1n) is 4.47. The Labute approximate surface area is 73.7 Å². The Hall–Kier alpha value is -0.410. The van der Waals surface area contributed by atoms with Gasteiger partial charge in [-0.1, -0.05) is 0 Å². The minimum absolute atomic E-state index is 0.0522. The van der Waals surface area contributed by atoms with Gasteiger partial charge in [-0.05, 0) is 20.8 Å². The molecule has 1 aliphatic rings. The average Bonchev–Trinajstić information content (AvgIpc) is 2.03. The Kier molecular flexibility index (Phi) is 3.23. The number of carbonyl (C=O) groups is 1. The van der Waals surface area contributed by atoms with Crippen molar-refractivity contribution in [1.29, 1.82) is 0 Å². The molecular formula is C9H17NO2. The van der Waals surface area contributed by atoms with Crippen LogP contribution in [0.3, 0.4) is 0 Å². The van der Waals surface area contributed by atoms with E-state index in [2.05, 4.69) is 4.90 Å². The largest absolute Gasteiger partial charge is 0.376 e. The van der Waals surface area contributed by atoms with Crippen LogP contribution in [-0.4, -0.2) is 42.5 Å². The van der Waals surface area contributed by atoms with Gasteiger partial charge in [0, 0.05) is 13.1 Å². The molecule has 70 valence electrons. The maximum Gasteiger partial charge on any atom is 0.146 e. The molecule has 1 aliphatic heterocycles. The van der Waals surface area contributed by atoms with Gasteiger partial charge in [0.2, 0.25) is 0 Å². The average molecular weight is 171 g/mol. The maximum absolute atomic E-state index is 11.1. The number of rotatable bonds is 2. The SMILES string of the molecule is CC(=O)C(C)N1CCOC(C)C1. The molecule has 0 spiro atoms. The number of ketones is 1. The molecule has 3 nitrogen and oxygen atoms in total. The predicted octanol–water partition coefficient (Wildman–Crippen LogP) is 0.685. The third-order valence-corrected chi connectivity index (χ3v) is 2.41. The highest BCUT2D eigenvalue weighted by molar-refractivity contribution is 5.80. The van der Waals surface area contributed by atoms with Crippen LogP contribution in [0.1, 0.15) is 20.8 Å². The Morgan fingerprint density at radius 1 is 1.67 bits per heavy atom. The molecule has 1 saturated heterocycles. The van der Waals surface area contributed by atoms with E-state index < -0.39 is 0 Å². The lowest BCUT2D eigenvalue weighted by atomic mass is 10.1. The number of Topliss-reactive ketones (excluding diaryl/α,β-unsaturated/α-hetero) is 1. The zero-order valence-electron chi connectivity index (χ0n) is 8.04. The summed E-state index contributed by atoms with van der Waals surface area (Å²) in [5.74, 6) is 0.240. The Balaban J connectivity index is 2.45. The molecule has 0 bridgehead atoms. The van der Waals surface area contributed by atoms with Crippen molar-refractivity contribution in [1.82, 2.24) is 4.90 Å². The van der Waals surface area contributed by atoms with Crippen LogP contribution < -0.4 is 0 Å². The summed E-state index contributed by atoms with van der Waals surface area (Å²) in [6.07, 6.45) is 0.264. The van der Waals surface area contributed by atoms with Gasteiger partial charge in [0.25, 0.3) is 0 Å². The fraction of sp³-hybridized carbons (Fsp3) is 0.889. The zero-order chi connectivity index (χ0) is 9.14. The highest BCUT2D eigenvalue weighted by Crippen LogP contribution is 2.08. The molecule has 0 aromatic carbocycles. The van der Waals surface area contributed by atoms with Crippen LogP contribution in [0, 0.1) is 0 Å². The van der Waals surface area contributed by atoms with Gasteiger partial charge in [0.1, 0.15) is 5.78 Å². The molecule has 0 aliphatic carbocycles. The number of morpholine rings is 1. The molecule has 1 rings (SSSR count). The molecule has 0 N–H and O–H groups in total. The van der Waals surface area contributed by atoms with E-state index in [-0.39, 0.29) is 17.9 Å². The Morgan fingerprint density at radius 3 is 2.83 bits per heavy atom. The number of hydrogen-bond donors (Lipinski definition) is 0. The van der Waals surface area contributed by atoms with Crippen molar-refractivity contribution in [3.05, 3.63) is 0 Å². The van der Waals surface area contributed by atoms with Crippen molar-refractivity contribution in [2.24, 2.45) is 0 Å². The summed E-state index contributed by atoms with van der Waals surface area (Å²) in [7, 11) is 0. The van der Waals surface area contributed by atoms with E-state index in [1.807, 2.05) is 13.8 Å². The second kappa shape index (κ2) is 4.01. The molecule has 0 saturated carbocycles. The molecule has 2 unspecified atom stereocenters. The molecule has 1 fully saturated rings. The number of carbonyl (C=O) groups excluding carboxylic acids is 1. The van der Waals surface area contributed by atoms with Gasteiger partial charge in [-0.3, -0.25) is 9.69 Å². The van der Waals surface area contributed by atoms with Gasteiger partial charge < -0.3 is 4.74 Å². The van der Waals surface area contributed by atoms with Gasteiger partial charge in [-0.2, -0.15) is 0 Å². The molecule has 12 heavy (non-hydrogen) atoms. The minimum Gasteiger partial charge on any atom is -0.376 e. The molecule has 3 heteroatoms. The lowest BCUT2D eigenvalue weighted by Gasteiger charge is -2.34. The van der Waals surface area contributed by atoms with Crippen molar-refractivity contribution in [2.45, 2.75) is 32.9 Å². The smallest absolute Gasteiger partial charge is 0.146 e. The Morgan fingerprint density at radius 2 is 2.33 bits per heavy atom. The van der Waals surface area contributed by atoms with Crippen molar-refractivity contribution in [2.75, 3.05) is 19.7 Å². The van der Waals surface area contributed by atoms with E-state index in [1.165, 1.54) is 0 Å². The third-order valence-electron chi connectivity index (χ3n) is 2.41. The van der Waals surface area contributed by atoms with Crippen LogP contribution >= 0.6 is 0 Å². The molecule has 0 radical (unpaired) electrons. The van der Waals surface area contributed by atoms with Gasteiger partial charge in [0.15, 0.2) is 0 Å². The standard InChI is InChI=1S/C9H17NO2/c1-7-6-10(4-5-12-7)8(2)9(3)11/h7-8H,4-6H2,1-3H3. The summed E-state index contributed by atoms with van der Waals surface area (Å²) in [5.41, 5.74) is 0. The van der Waals surface area contributed by atoms with Gasteiger partial charge >= 0.3 is 0 Å². The molecule has 0 amide bonds. The fourth-order valence-corrected chi connectivity index (χ4v) is 1.45. The Bertz CT molecular complexity index is 170. The van der Waals surface area contributed by atoms with Crippen molar-refractivity contribution in [3.63, 3.8) is 0 Å². The summed E-state index contributed by atoms with van der Waals surface area (Å²) in [5, 5.41) is 0. The highest BCUT2D eigenvalue weighted by atomic mass is 16.5. The maximum atomic E-state index is 11.1.